The fourth-order valence-electron chi connectivity index (χ4n) is 1.61. The van der Waals surface area contributed by atoms with E-state index in [-0.39, 0.29) is 30.4 Å². The fourth-order valence-corrected chi connectivity index (χ4v) is 1.61. The lowest BCUT2D eigenvalue weighted by molar-refractivity contribution is -0.148. The molecule has 0 aliphatic carbocycles. The quantitative estimate of drug-likeness (QED) is 0.731. The average Bonchev–Trinajstić information content (AvgIpc) is 2.32. The van der Waals surface area contributed by atoms with Gasteiger partial charge in [-0.05, 0) is 24.6 Å². The summed E-state index contributed by atoms with van der Waals surface area (Å²) < 4.78 is 17.5. The molecule has 18 heavy (non-hydrogen) atoms. The van der Waals surface area contributed by atoms with Crippen molar-refractivity contribution >= 4 is 11.8 Å². The first-order valence-electron chi connectivity index (χ1n) is 5.95. The summed E-state index contributed by atoms with van der Waals surface area (Å²) in [6.07, 6.45) is 0.361. The fraction of sp³-hybridized carbons (Fsp3) is 0.429. The lowest BCUT2D eigenvalue weighted by Gasteiger charge is -2.09. The second kappa shape index (κ2) is 6.89. The Labute approximate surface area is 106 Å². The van der Waals surface area contributed by atoms with E-state index in [1.54, 1.807) is 26.0 Å². The standard InChI is InChI=1S/C14H17FO3/c1-3-18-14(17)10(2)8-13(16)9-11-4-6-12(15)7-5-11/h4-7,10H,3,8-9H2,1-2H3. The van der Waals surface area contributed by atoms with Crippen LogP contribution in [0.5, 0.6) is 0 Å². The van der Waals surface area contributed by atoms with Crippen LogP contribution >= 0.6 is 0 Å². The molecule has 0 heterocycles. The molecule has 0 bridgehead atoms. The lowest BCUT2D eigenvalue weighted by Crippen LogP contribution is -2.19. The third-order valence-corrected chi connectivity index (χ3v) is 2.54. The molecule has 0 N–H and O–H groups in total. The van der Waals surface area contributed by atoms with Crippen LogP contribution in [0, 0.1) is 11.7 Å². The minimum absolute atomic E-state index is 0.0536. The zero-order valence-electron chi connectivity index (χ0n) is 10.6. The smallest absolute Gasteiger partial charge is 0.309 e. The van der Waals surface area contributed by atoms with Crippen LogP contribution in [-0.4, -0.2) is 18.4 Å². The molecule has 0 radical (unpaired) electrons. The van der Waals surface area contributed by atoms with Crippen molar-refractivity contribution in [3.63, 3.8) is 0 Å². The van der Waals surface area contributed by atoms with E-state index >= 15 is 0 Å². The van der Waals surface area contributed by atoms with E-state index in [0.717, 1.165) is 5.56 Å². The molecule has 0 saturated heterocycles. The maximum Gasteiger partial charge on any atom is 0.309 e. The largest absolute Gasteiger partial charge is 0.466 e. The molecule has 0 aliphatic heterocycles. The van der Waals surface area contributed by atoms with Crippen LogP contribution in [0.25, 0.3) is 0 Å². The number of carbonyl (C=O) groups excluding carboxylic acids is 2. The Kier molecular flexibility index (Phi) is 5.49. The molecule has 0 saturated carbocycles. The minimum Gasteiger partial charge on any atom is -0.466 e. The van der Waals surface area contributed by atoms with Gasteiger partial charge in [-0.25, -0.2) is 4.39 Å². The van der Waals surface area contributed by atoms with E-state index in [2.05, 4.69) is 0 Å². The van der Waals surface area contributed by atoms with Gasteiger partial charge in [-0.15, -0.1) is 0 Å². The van der Waals surface area contributed by atoms with E-state index in [4.69, 9.17) is 4.74 Å². The number of carbonyl (C=O) groups is 2. The van der Waals surface area contributed by atoms with Crippen molar-refractivity contribution in [3.8, 4) is 0 Å². The van der Waals surface area contributed by atoms with Crippen LogP contribution in [0.4, 0.5) is 4.39 Å². The third-order valence-electron chi connectivity index (χ3n) is 2.54. The van der Waals surface area contributed by atoms with Gasteiger partial charge in [0, 0.05) is 12.8 Å². The topological polar surface area (TPSA) is 43.4 Å². The summed E-state index contributed by atoms with van der Waals surface area (Å²) in [6, 6.07) is 5.78. The average molecular weight is 252 g/mol. The van der Waals surface area contributed by atoms with Crippen LogP contribution in [0.1, 0.15) is 25.8 Å². The summed E-state index contributed by atoms with van der Waals surface area (Å²) in [5.74, 6) is -1.17. The highest BCUT2D eigenvalue weighted by molar-refractivity contribution is 5.85. The Morgan fingerprint density at radius 3 is 2.44 bits per heavy atom. The first kappa shape index (κ1) is 14.4. The second-order valence-electron chi connectivity index (χ2n) is 4.20. The first-order valence-corrected chi connectivity index (χ1v) is 5.95. The van der Waals surface area contributed by atoms with Crippen molar-refractivity contribution < 1.29 is 18.7 Å². The van der Waals surface area contributed by atoms with Crippen LogP contribution in [0.3, 0.4) is 0 Å². The highest BCUT2D eigenvalue weighted by Gasteiger charge is 2.18. The summed E-state index contributed by atoms with van der Waals surface area (Å²) in [7, 11) is 0. The maximum absolute atomic E-state index is 12.7. The SMILES string of the molecule is CCOC(=O)C(C)CC(=O)Cc1ccc(F)cc1. The zero-order chi connectivity index (χ0) is 13.5. The molecule has 1 atom stereocenters. The highest BCUT2D eigenvalue weighted by Crippen LogP contribution is 2.10. The minimum atomic E-state index is -0.433. The number of esters is 1. The molecule has 3 nitrogen and oxygen atoms in total. The van der Waals surface area contributed by atoms with E-state index < -0.39 is 5.92 Å². The highest BCUT2D eigenvalue weighted by atomic mass is 19.1. The molecule has 1 unspecified atom stereocenters. The van der Waals surface area contributed by atoms with Crippen molar-refractivity contribution in [1.29, 1.82) is 0 Å². The number of benzene rings is 1. The number of Topliss-reactive ketones (excluding diaryl/α,β-unsaturated/α-hetero) is 1. The Morgan fingerprint density at radius 2 is 1.89 bits per heavy atom. The second-order valence-corrected chi connectivity index (χ2v) is 4.20. The van der Waals surface area contributed by atoms with Crippen LogP contribution in [0.2, 0.25) is 0 Å². The number of ether oxygens (including phenoxy) is 1. The monoisotopic (exact) mass is 252 g/mol. The summed E-state index contributed by atoms with van der Waals surface area (Å²) in [6.45, 7) is 3.71. The summed E-state index contributed by atoms with van der Waals surface area (Å²) >= 11 is 0. The van der Waals surface area contributed by atoms with Gasteiger partial charge in [-0.1, -0.05) is 19.1 Å². The van der Waals surface area contributed by atoms with Crippen molar-refractivity contribution in [3.05, 3.63) is 35.6 Å². The number of halogens is 1. The number of rotatable bonds is 6. The third kappa shape index (κ3) is 4.65. The van der Waals surface area contributed by atoms with Crippen LogP contribution in [-0.2, 0) is 20.7 Å². The van der Waals surface area contributed by atoms with Crippen molar-refractivity contribution in [2.45, 2.75) is 26.7 Å². The normalized spacial score (nSPS) is 11.9. The predicted octanol–water partition coefficient (Wildman–Crippen LogP) is 2.53. The van der Waals surface area contributed by atoms with E-state index in [1.807, 2.05) is 0 Å². The molecule has 0 spiro atoms. The molecular weight excluding hydrogens is 235 g/mol. The maximum atomic E-state index is 12.7. The molecule has 4 heteroatoms. The Morgan fingerprint density at radius 1 is 1.28 bits per heavy atom. The van der Waals surface area contributed by atoms with E-state index in [9.17, 15) is 14.0 Å². The van der Waals surface area contributed by atoms with Gasteiger partial charge in [0.1, 0.15) is 11.6 Å². The van der Waals surface area contributed by atoms with Gasteiger partial charge in [0.15, 0.2) is 0 Å². The van der Waals surface area contributed by atoms with E-state index in [1.165, 1.54) is 12.1 Å². The van der Waals surface area contributed by atoms with Crippen LogP contribution in [0.15, 0.2) is 24.3 Å². The first-order chi connectivity index (χ1) is 8.52. The zero-order valence-corrected chi connectivity index (χ0v) is 10.6. The molecule has 0 aromatic heterocycles. The van der Waals surface area contributed by atoms with Crippen molar-refractivity contribution in [2.24, 2.45) is 5.92 Å². The van der Waals surface area contributed by atoms with Gasteiger partial charge in [0.05, 0.1) is 12.5 Å². The van der Waals surface area contributed by atoms with Gasteiger partial charge < -0.3 is 4.74 Å². The van der Waals surface area contributed by atoms with Crippen molar-refractivity contribution in [2.75, 3.05) is 6.61 Å². The Bertz CT molecular complexity index is 412. The summed E-state index contributed by atoms with van der Waals surface area (Å²) in [4.78, 5) is 23.1. The molecule has 0 amide bonds. The Balaban J connectivity index is 2.46. The number of hydrogen-bond donors (Lipinski definition) is 0. The summed E-state index contributed by atoms with van der Waals surface area (Å²) in [5.41, 5.74) is 0.748. The molecule has 0 fully saturated rings. The molecular formula is C14H17FO3. The van der Waals surface area contributed by atoms with Gasteiger partial charge in [-0.2, -0.15) is 0 Å². The van der Waals surface area contributed by atoms with E-state index in [0.29, 0.717) is 6.61 Å². The lowest BCUT2D eigenvalue weighted by atomic mass is 10.00. The molecule has 1 aromatic carbocycles. The summed E-state index contributed by atoms with van der Waals surface area (Å²) in [5, 5.41) is 0. The molecule has 0 aliphatic rings. The Hall–Kier alpha value is -1.71. The van der Waals surface area contributed by atoms with Crippen LogP contribution < -0.4 is 0 Å². The molecule has 98 valence electrons. The van der Waals surface area contributed by atoms with Gasteiger partial charge >= 0.3 is 5.97 Å². The molecule has 1 rings (SSSR count). The molecule has 1 aromatic rings. The van der Waals surface area contributed by atoms with Gasteiger partial charge in [0.25, 0.3) is 0 Å². The van der Waals surface area contributed by atoms with Gasteiger partial charge in [0.2, 0.25) is 0 Å². The number of ketones is 1. The number of hydrogen-bond acceptors (Lipinski definition) is 3. The van der Waals surface area contributed by atoms with Gasteiger partial charge in [-0.3, -0.25) is 9.59 Å². The van der Waals surface area contributed by atoms with Crippen molar-refractivity contribution in [1.82, 2.24) is 0 Å². The predicted molar refractivity (Wildman–Crippen MR) is 65.5 cm³/mol.